The molecule has 1 aromatic heterocycles. The first-order valence-corrected chi connectivity index (χ1v) is 11.3. The fourth-order valence-electron chi connectivity index (χ4n) is 3.25. The van der Waals surface area contributed by atoms with Gasteiger partial charge in [-0.15, -0.1) is 0 Å². The largest absolute Gasteiger partial charge is 0.272 e. The number of hydrogen-bond acceptors (Lipinski definition) is 5. The molecule has 0 saturated carbocycles. The summed E-state index contributed by atoms with van der Waals surface area (Å²) in [5.74, 6) is -0.242. The van der Waals surface area contributed by atoms with E-state index in [1.807, 2.05) is 66.7 Å². The molecule has 4 aromatic rings. The summed E-state index contributed by atoms with van der Waals surface area (Å²) in [7, 11) is 0. The van der Waals surface area contributed by atoms with Gasteiger partial charge in [-0.25, -0.2) is 10.5 Å². The summed E-state index contributed by atoms with van der Waals surface area (Å²) in [5, 5.41) is 0.989. The molecule has 4 rings (SSSR count). The van der Waals surface area contributed by atoms with Crippen molar-refractivity contribution in [3.8, 4) is 5.69 Å². The molecule has 32 heavy (non-hydrogen) atoms. The molecule has 6 nitrogen and oxygen atoms in total. The van der Waals surface area contributed by atoms with Crippen molar-refractivity contribution in [2.24, 2.45) is 0 Å². The van der Waals surface area contributed by atoms with Crippen molar-refractivity contribution >= 4 is 28.6 Å². The SMILES string of the molecule is CCc1ccc(-n2c(SCC(=O)NOCc3ccccc3)nc3ccccc3c2=O)cc1. The van der Waals surface area contributed by atoms with Crippen LogP contribution in [0.4, 0.5) is 0 Å². The van der Waals surface area contributed by atoms with Crippen molar-refractivity contribution in [2.75, 3.05) is 5.75 Å². The van der Waals surface area contributed by atoms with Crippen LogP contribution >= 0.6 is 11.8 Å². The zero-order chi connectivity index (χ0) is 22.3. The molecule has 1 N–H and O–H groups in total. The third kappa shape index (κ3) is 5.07. The Labute approximate surface area is 190 Å². The van der Waals surface area contributed by atoms with Crippen LogP contribution in [0.15, 0.2) is 88.8 Å². The van der Waals surface area contributed by atoms with Crippen molar-refractivity contribution in [3.63, 3.8) is 0 Å². The number of nitrogens with zero attached hydrogens (tertiary/aromatic N) is 2. The Balaban J connectivity index is 1.54. The highest BCUT2D eigenvalue weighted by atomic mass is 32.2. The fraction of sp³-hybridized carbons (Fsp3) is 0.160. The van der Waals surface area contributed by atoms with Gasteiger partial charge < -0.3 is 0 Å². The first kappa shape index (κ1) is 21.8. The van der Waals surface area contributed by atoms with E-state index in [1.54, 1.807) is 16.7 Å². The Morgan fingerprint density at radius 2 is 1.69 bits per heavy atom. The van der Waals surface area contributed by atoms with Gasteiger partial charge in [0.05, 0.1) is 29.0 Å². The first-order chi connectivity index (χ1) is 15.7. The number of carbonyl (C=O) groups is 1. The van der Waals surface area contributed by atoms with Gasteiger partial charge in [0.1, 0.15) is 0 Å². The fourth-order valence-corrected chi connectivity index (χ4v) is 4.05. The number of hydroxylamine groups is 1. The molecular weight excluding hydrogens is 422 g/mol. The Morgan fingerprint density at radius 1 is 0.969 bits per heavy atom. The van der Waals surface area contributed by atoms with Gasteiger partial charge in [-0.3, -0.25) is 19.0 Å². The van der Waals surface area contributed by atoms with E-state index in [9.17, 15) is 9.59 Å². The lowest BCUT2D eigenvalue weighted by Crippen LogP contribution is -2.26. The monoisotopic (exact) mass is 445 g/mol. The Morgan fingerprint density at radius 3 is 2.44 bits per heavy atom. The molecule has 0 atom stereocenters. The number of para-hydroxylation sites is 1. The van der Waals surface area contributed by atoms with E-state index >= 15 is 0 Å². The van der Waals surface area contributed by atoms with E-state index in [-0.39, 0.29) is 23.8 Å². The molecular formula is C25H23N3O3S. The normalized spacial score (nSPS) is 10.9. The maximum Gasteiger partial charge on any atom is 0.266 e. The summed E-state index contributed by atoms with van der Waals surface area (Å²) in [6.45, 7) is 2.36. The summed E-state index contributed by atoms with van der Waals surface area (Å²) >= 11 is 1.20. The van der Waals surface area contributed by atoms with Crippen LogP contribution in [-0.2, 0) is 22.7 Å². The predicted molar refractivity (Wildman–Crippen MR) is 127 cm³/mol. The Hall–Kier alpha value is -3.42. The summed E-state index contributed by atoms with van der Waals surface area (Å²) in [5.41, 5.74) is 5.74. The summed E-state index contributed by atoms with van der Waals surface area (Å²) in [6, 6.07) is 24.6. The minimum Gasteiger partial charge on any atom is -0.272 e. The molecule has 0 aliphatic heterocycles. The Kier molecular flexibility index (Phi) is 6.99. The summed E-state index contributed by atoms with van der Waals surface area (Å²) in [4.78, 5) is 35.5. The van der Waals surface area contributed by atoms with Crippen molar-refractivity contribution in [2.45, 2.75) is 25.1 Å². The van der Waals surface area contributed by atoms with E-state index < -0.39 is 0 Å². The average molecular weight is 446 g/mol. The highest BCUT2D eigenvalue weighted by Gasteiger charge is 2.15. The molecule has 0 spiro atoms. The second kappa shape index (κ2) is 10.3. The molecule has 162 valence electrons. The second-order valence-electron chi connectivity index (χ2n) is 7.16. The van der Waals surface area contributed by atoms with Gasteiger partial charge in [0.15, 0.2) is 5.16 Å². The number of aromatic nitrogens is 2. The van der Waals surface area contributed by atoms with Gasteiger partial charge in [0, 0.05) is 0 Å². The van der Waals surface area contributed by atoms with Gasteiger partial charge in [0.2, 0.25) is 0 Å². The zero-order valence-corrected chi connectivity index (χ0v) is 18.5. The molecule has 1 heterocycles. The predicted octanol–water partition coefficient (Wildman–Crippen LogP) is 4.29. The van der Waals surface area contributed by atoms with Crippen molar-refractivity contribution < 1.29 is 9.63 Å². The van der Waals surface area contributed by atoms with Crippen molar-refractivity contribution in [1.82, 2.24) is 15.0 Å². The molecule has 0 aliphatic rings. The lowest BCUT2D eigenvalue weighted by atomic mass is 10.1. The van der Waals surface area contributed by atoms with Gasteiger partial charge in [-0.05, 0) is 41.8 Å². The zero-order valence-electron chi connectivity index (χ0n) is 17.7. The minimum absolute atomic E-state index is 0.0621. The summed E-state index contributed by atoms with van der Waals surface area (Å²) in [6.07, 6.45) is 0.913. The number of aryl methyl sites for hydroxylation is 1. The molecule has 0 aliphatic carbocycles. The maximum absolute atomic E-state index is 13.3. The molecule has 0 unspecified atom stereocenters. The molecule has 7 heteroatoms. The Bertz CT molecular complexity index is 1270. The third-order valence-electron chi connectivity index (χ3n) is 4.95. The van der Waals surface area contributed by atoms with E-state index in [0.29, 0.717) is 21.7 Å². The van der Waals surface area contributed by atoms with Crippen LogP contribution in [0.2, 0.25) is 0 Å². The van der Waals surface area contributed by atoms with E-state index in [2.05, 4.69) is 17.4 Å². The van der Waals surface area contributed by atoms with Crippen molar-refractivity contribution in [1.29, 1.82) is 0 Å². The van der Waals surface area contributed by atoms with Crippen LogP contribution in [0.25, 0.3) is 16.6 Å². The number of benzene rings is 3. The van der Waals surface area contributed by atoms with Crippen LogP contribution < -0.4 is 11.0 Å². The number of fused-ring (bicyclic) bond motifs is 1. The molecule has 0 bridgehead atoms. The first-order valence-electron chi connectivity index (χ1n) is 10.3. The van der Waals surface area contributed by atoms with Crippen LogP contribution in [-0.4, -0.2) is 21.2 Å². The maximum atomic E-state index is 13.3. The number of nitrogens with one attached hydrogen (secondary N) is 1. The number of carbonyl (C=O) groups excluding carboxylic acids is 1. The van der Waals surface area contributed by atoms with Crippen LogP contribution in [0, 0.1) is 0 Å². The third-order valence-corrected chi connectivity index (χ3v) is 5.89. The number of hydrogen-bond donors (Lipinski definition) is 1. The molecule has 0 saturated heterocycles. The second-order valence-corrected chi connectivity index (χ2v) is 8.10. The van der Waals surface area contributed by atoms with Crippen LogP contribution in [0.5, 0.6) is 0 Å². The highest BCUT2D eigenvalue weighted by molar-refractivity contribution is 7.99. The smallest absolute Gasteiger partial charge is 0.266 e. The molecule has 3 aromatic carbocycles. The quantitative estimate of drug-likeness (QED) is 0.249. The molecule has 1 amide bonds. The number of amides is 1. The van der Waals surface area contributed by atoms with E-state index in [4.69, 9.17) is 4.84 Å². The van der Waals surface area contributed by atoms with Crippen molar-refractivity contribution in [3.05, 3.63) is 100 Å². The van der Waals surface area contributed by atoms with Gasteiger partial charge in [-0.2, -0.15) is 0 Å². The number of thioether (sulfide) groups is 1. The lowest BCUT2D eigenvalue weighted by molar-refractivity contribution is -0.131. The lowest BCUT2D eigenvalue weighted by Gasteiger charge is -2.13. The topological polar surface area (TPSA) is 73.2 Å². The highest BCUT2D eigenvalue weighted by Crippen LogP contribution is 2.21. The average Bonchev–Trinajstić information content (AvgIpc) is 2.84. The molecule has 0 radical (unpaired) electrons. The van der Waals surface area contributed by atoms with Gasteiger partial charge in [-0.1, -0.05) is 73.3 Å². The molecule has 0 fully saturated rings. The van der Waals surface area contributed by atoms with E-state index in [1.165, 1.54) is 17.3 Å². The van der Waals surface area contributed by atoms with Crippen LogP contribution in [0.1, 0.15) is 18.1 Å². The summed E-state index contributed by atoms with van der Waals surface area (Å²) < 4.78 is 1.56. The number of rotatable bonds is 8. The van der Waals surface area contributed by atoms with Gasteiger partial charge in [0.25, 0.3) is 11.5 Å². The minimum atomic E-state index is -0.304. The standard InChI is InChI=1S/C25H23N3O3S/c1-2-18-12-14-20(15-13-18)28-24(30)21-10-6-7-11-22(21)26-25(28)32-17-23(29)27-31-16-19-8-4-3-5-9-19/h3-15H,2,16-17H2,1H3,(H,27,29). The van der Waals surface area contributed by atoms with Crippen LogP contribution in [0.3, 0.4) is 0 Å². The van der Waals surface area contributed by atoms with Gasteiger partial charge >= 0.3 is 0 Å². The van der Waals surface area contributed by atoms with E-state index in [0.717, 1.165) is 12.0 Å².